The van der Waals surface area contributed by atoms with Crippen molar-refractivity contribution in [2.45, 2.75) is 24.5 Å². The van der Waals surface area contributed by atoms with Crippen molar-refractivity contribution in [2.75, 3.05) is 6.26 Å². The molecule has 0 radical (unpaired) electrons. The Morgan fingerprint density at radius 3 is 2.43 bits per heavy atom. The SMILES string of the molecule is CSc1ccccc1C(=O)O[C@@H](C)C(=O)NCc1ccccc1. The quantitative estimate of drug-likeness (QED) is 0.653. The topological polar surface area (TPSA) is 55.4 Å². The van der Waals surface area contributed by atoms with E-state index in [1.165, 1.54) is 11.8 Å². The fourth-order valence-electron chi connectivity index (χ4n) is 2.02. The summed E-state index contributed by atoms with van der Waals surface area (Å²) in [6.45, 7) is 1.98. The van der Waals surface area contributed by atoms with E-state index in [9.17, 15) is 9.59 Å². The van der Waals surface area contributed by atoms with Gasteiger partial charge in [0.1, 0.15) is 0 Å². The van der Waals surface area contributed by atoms with Gasteiger partial charge in [-0.05, 0) is 30.9 Å². The first-order valence-electron chi connectivity index (χ1n) is 7.27. The van der Waals surface area contributed by atoms with Crippen LogP contribution in [-0.4, -0.2) is 24.2 Å². The smallest absolute Gasteiger partial charge is 0.340 e. The Hall–Kier alpha value is -2.27. The zero-order valence-corrected chi connectivity index (χ0v) is 13.9. The number of ether oxygens (including phenoxy) is 1. The van der Waals surface area contributed by atoms with E-state index in [2.05, 4.69) is 5.32 Å². The molecule has 5 heteroatoms. The molecule has 23 heavy (non-hydrogen) atoms. The molecule has 0 spiro atoms. The van der Waals surface area contributed by atoms with Crippen molar-refractivity contribution >= 4 is 23.6 Å². The van der Waals surface area contributed by atoms with Crippen LogP contribution in [0.15, 0.2) is 59.5 Å². The van der Waals surface area contributed by atoms with Crippen LogP contribution in [0.1, 0.15) is 22.8 Å². The minimum atomic E-state index is -0.846. The monoisotopic (exact) mass is 329 g/mol. The Kier molecular flexibility index (Phi) is 6.23. The maximum atomic E-state index is 12.2. The summed E-state index contributed by atoms with van der Waals surface area (Å²) in [5.74, 6) is -0.804. The van der Waals surface area contributed by atoms with Gasteiger partial charge in [-0.2, -0.15) is 0 Å². The lowest BCUT2D eigenvalue weighted by Gasteiger charge is -2.14. The third kappa shape index (κ3) is 4.86. The zero-order valence-electron chi connectivity index (χ0n) is 13.1. The third-order valence-electron chi connectivity index (χ3n) is 3.29. The summed E-state index contributed by atoms with van der Waals surface area (Å²) in [6, 6.07) is 16.8. The molecule has 0 fully saturated rings. The van der Waals surface area contributed by atoms with Crippen LogP contribution < -0.4 is 5.32 Å². The number of thioether (sulfide) groups is 1. The maximum absolute atomic E-state index is 12.2. The first-order chi connectivity index (χ1) is 11.1. The summed E-state index contributed by atoms with van der Waals surface area (Å²) in [6.07, 6.45) is 1.04. The molecule has 0 aliphatic rings. The third-order valence-corrected chi connectivity index (χ3v) is 4.09. The Labute approximate surface area is 140 Å². The molecule has 0 aliphatic carbocycles. The standard InChI is InChI=1S/C18H19NO3S/c1-13(17(20)19-12-14-8-4-3-5-9-14)22-18(21)15-10-6-7-11-16(15)23-2/h3-11,13H,12H2,1-2H3,(H,19,20)/t13-/m0/s1. The summed E-state index contributed by atoms with van der Waals surface area (Å²) in [5, 5.41) is 2.76. The highest BCUT2D eigenvalue weighted by Gasteiger charge is 2.20. The number of rotatable bonds is 6. The van der Waals surface area contributed by atoms with E-state index < -0.39 is 12.1 Å². The van der Waals surface area contributed by atoms with E-state index >= 15 is 0 Å². The van der Waals surface area contributed by atoms with E-state index in [0.29, 0.717) is 12.1 Å². The van der Waals surface area contributed by atoms with E-state index in [1.807, 2.05) is 48.7 Å². The predicted molar refractivity (Wildman–Crippen MR) is 91.4 cm³/mol. The highest BCUT2D eigenvalue weighted by Crippen LogP contribution is 2.21. The highest BCUT2D eigenvalue weighted by atomic mass is 32.2. The molecule has 1 N–H and O–H groups in total. The zero-order chi connectivity index (χ0) is 16.7. The summed E-state index contributed by atoms with van der Waals surface area (Å²) in [5.41, 5.74) is 1.47. The fourth-order valence-corrected chi connectivity index (χ4v) is 2.61. The molecule has 2 aromatic carbocycles. The van der Waals surface area contributed by atoms with Gasteiger partial charge in [-0.15, -0.1) is 11.8 Å². The largest absolute Gasteiger partial charge is 0.449 e. The van der Waals surface area contributed by atoms with Gasteiger partial charge in [-0.1, -0.05) is 42.5 Å². The lowest BCUT2D eigenvalue weighted by molar-refractivity contribution is -0.129. The van der Waals surface area contributed by atoms with Crippen LogP contribution in [0.25, 0.3) is 0 Å². The van der Waals surface area contributed by atoms with Crippen LogP contribution in [0.5, 0.6) is 0 Å². The van der Waals surface area contributed by atoms with Crippen molar-refractivity contribution in [2.24, 2.45) is 0 Å². The summed E-state index contributed by atoms with van der Waals surface area (Å²) >= 11 is 1.47. The number of carbonyl (C=O) groups excluding carboxylic acids is 2. The molecule has 4 nitrogen and oxygen atoms in total. The Bertz CT molecular complexity index is 673. The van der Waals surface area contributed by atoms with Gasteiger partial charge in [0.05, 0.1) is 5.56 Å². The second-order valence-electron chi connectivity index (χ2n) is 4.95. The molecule has 0 aromatic heterocycles. The number of nitrogens with one attached hydrogen (secondary N) is 1. The van der Waals surface area contributed by atoms with Crippen molar-refractivity contribution < 1.29 is 14.3 Å². The highest BCUT2D eigenvalue weighted by molar-refractivity contribution is 7.98. The molecule has 0 bridgehead atoms. The number of carbonyl (C=O) groups is 2. The van der Waals surface area contributed by atoms with Gasteiger partial charge in [-0.3, -0.25) is 4.79 Å². The number of benzene rings is 2. The maximum Gasteiger partial charge on any atom is 0.340 e. The molecule has 1 amide bonds. The number of hydrogen-bond acceptors (Lipinski definition) is 4. The molecular formula is C18H19NO3S. The van der Waals surface area contributed by atoms with Crippen LogP contribution in [0.2, 0.25) is 0 Å². The second kappa shape index (κ2) is 8.39. The van der Waals surface area contributed by atoms with Gasteiger partial charge in [0.25, 0.3) is 5.91 Å². The minimum Gasteiger partial charge on any atom is -0.449 e. The van der Waals surface area contributed by atoms with Crippen molar-refractivity contribution in [3.8, 4) is 0 Å². The number of amides is 1. The molecule has 0 saturated carbocycles. The number of hydrogen-bond donors (Lipinski definition) is 1. The van der Waals surface area contributed by atoms with Gasteiger partial charge in [0, 0.05) is 11.4 Å². The van der Waals surface area contributed by atoms with Crippen LogP contribution >= 0.6 is 11.8 Å². The lowest BCUT2D eigenvalue weighted by Crippen LogP contribution is -2.35. The Balaban J connectivity index is 1.91. The van der Waals surface area contributed by atoms with E-state index in [0.717, 1.165) is 10.5 Å². The van der Waals surface area contributed by atoms with Crippen LogP contribution in [0.4, 0.5) is 0 Å². The molecule has 0 heterocycles. The average Bonchev–Trinajstić information content (AvgIpc) is 2.60. The van der Waals surface area contributed by atoms with Gasteiger partial charge < -0.3 is 10.1 Å². The average molecular weight is 329 g/mol. The van der Waals surface area contributed by atoms with Crippen molar-refractivity contribution in [3.63, 3.8) is 0 Å². The van der Waals surface area contributed by atoms with Crippen molar-refractivity contribution in [1.29, 1.82) is 0 Å². The van der Waals surface area contributed by atoms with Gasteiger partial charge in [0.2, 0.25) is 0 Å². The Morgan fingerprint density at radius 2 is 1.74 bits per heavy atom. The second-order valence-corrected chi connectivity index (χ2v) is 5.80. The molecule has 0 unspecified atom stereocenters. The van der Waals surface area contributed by atoms with Crippen molar-refractivity contribution in [3.05, 3.63) is 65.7 Å². The summed E-state index contributed by atoms with van der Waals surface area (Å²) in [7, 11) is 0. The first-order valence-corrected chi connectivity index (χ1v) is 8.50. The fraction of sp³-hybridized carbons (Fsp3) is 0.222. The predicted octanol–water partition coefficient (Wildman–Crippen LogP) is 3.27. The molecule has 120 valence electrons. The van der Waals surface area contributed by atoms with Gasteiger partial charge >= 0.3 is 5.97 Å². The van der Waals surface area contributed by atoms with Crippen molar-refractivity contribution in [1.82, 2.24) is 5.32 Å². The van der Waals surface area contributed by atoms with E-state index in [4.69, 9.17) is 4.74 Å². The summed E-state index contributed by atoms with van der Waals surface area (Å²) in [4.78, 5) is 25.1. The molecule has 1 atom stereocenters. The normalized spacial score (nSPS) is 11.6. The van der Waals surface area contributed by atoms with Crippen LogP contribution in [0.3, 0.4) is 0 Å². The van der Waals surface area contributed by atoms with Gasteiger partial charge in [-0.25, -0.2) is 4.79 Å². The van der Waals surface area contributed by atoms with Gasteiger partial charge in [0.15, 0.2) is 6.10 Å². The van der Waals surface area contributed by atoms with E-state index in [-0.39, 0.29) is 5.91 Å². The van der Waals surface area contributed by atoms with Crippen LogP contribution in [-0.2, 0) is 16.1 Å². The molecular weight excluding hydrogens is 310 g/mol. The number of esters is 1. The first kappa shape index (κ1) is 17.1. The molecule has 2 rings (SSSR count). The van der Waals surface area contributed by atoms with Crippen LogP contribution in [0, 0.1) is 0 Å². The molecule has 2 aromatic rings. The van der Waals surface area contributed by atoms with E-state index in [1.54, 1.807) is 19.1 Å². The lowest BCUT2D eigenvalue weighted by atomic mass is 10.2. The molecule has 0 aliphatic heterocycles. The summed E-state index contributed by atoms with van der Waals surface area (Å²) < 4.78 is 5.26. The minimum absolute atomic E-state index is 0.316. The molecule has 0 saturated heterocycles. The Morgan fingerprint density at radius 1 is 1.09 bits per heavy atom.